The van der Waals surface area contributed by atoms with Gasteiger partial charge < -0.3 is 15.8 Å². The predicted octanol–water partition coefficient (Wildman–Crippen LogP) is 2.31. The molecule has 1 aromatic rings. The van der Waals surface area contributed by atoms with E-state index < -0.39 is 0 Å². The number of aromatic nitrogens is 1. The van der Waals surface area contributed by atoms with E-state index in [-0.39, 0.29) is 6.10 Å². The lowest BCUT2D eigenvalue weighted by atomic mass is 10.1. The molecule has 3 N–H and O–H groups in total. The van der Waals surface area contributed by atoms with Gasteiger partial charge in [0.05, 0.1) is 11.7 Å². The van der Waals surface area contributed by atoms with Crippen LogP contribution in [-0.2, 0) is 4.74 Å². The van der Waals surface area contributed by atoms with Crippen LogP contribution in [0.25, 0.3) is 0 Å². The van der Waals surface area contributed by atoms with Gasteiger partial charge in [0.15, 0.2) is 0 Å². The SMILES string of the molecule is Cc1cc(NCC2CCCCO2)c(C(N)=S)c(C)n1. The molecular formula is C14H21N3OS. The minimum absolute atomic E-state index is 0.279. The Bertz CT molecular complexity index is 470. The van der Waals surface area contributed by atoms with Gasteiger partial charge in [0.2, 0.25) is 0 Å². The monoisotopic (exact) mass is 279 g/mol. The molecule has 1 atom stereocenters. The molecule has 1 aliphatic rings. The van der Waals surface area contributed by atoms with Crippen molar-refractivity contribution in [2.24, 2.45) is 5.73 Å². The van der Waals surface area contributed by atoms with E-state index in [1.807, 2.05) is 19.9 Å². The summed E-state index contributed by atoms with van der Waals surface area (Å²) in [5.74, 6) is 0. The third-order valence-electron chi connectivity index (χ3n) is 3.37. The third-order valence-corrected chi connectivity index (χ3v) is 3.57. The molecule has 1 aliphatic heterocycles. The van der Waals surface area contributed by atoms with Crippen LogP contribution in [0, 0.1) is 13.8 Å². The fourth-order valence-electron chi connectivity index (χ4n) is 2.47. The highest BCUT2D eigenvalue weighted by Crippen LogP contribution is 2.21. The Morgan fingerprint density at radius 1 is 1.53 bits per heavy atom. The second-order valence-electron chi connectivity index (χ2n) is 5.01. The molecule has 0 spiro atoms. The second kappa shape index (κ2) is 6.30. The van der Waals surface area contributed by atoms with Crippen LogP contribution < -0.4 is 11.1 Å². The quantitative estimate of drug-likeness (QED) is 0.828. The first-order valence-corrected chi connectivity index (χ1v) is 7.12. The lowest BCUT2D eigenvalue weighted by Gasteiger charge is -2.24. The van der Waals surface area contributed by atoms with Crippen LogP contribution in [0.2, 0.25) is 0 Å². The summed E-state index contributed by atoms with van der Waals surface area (Å²) in [5.41, 5.74) is 9.44. The molecule has 1 unspecified atom stereocenters. The third kappa shape index (κ3) is 3.64. The maximum atomic E-state index is 5.79. The van der Waals surface area contributed by atoms with Crippen molar-refractivity contribution in [1.82, 2.24) is 4.98 Å². The predicted molar refractivity (Wildman–Crippen MR) is 81.7 cm³/mol. The van der Waals surface area contributed by atoms with E-state index in [1.54, 1.807) is 0 Å². The molecule has 0 aromatic carbocycles. The number of hydrogen-bond acceptors (Lipinski definition) is 4. The standard InChI is InChI=1S/C14H21N3OS/c1-9-7-12(13(14(15)19)10(2)17-9)16-8-11-5-3-4-6-18-11/h7,11H,3-6,8H2,1-2H3,(H2,15,19)(H,16,17). The van der Waals surface area contributed by atoms with Gasteiger partial charge in [0.25, 0.3) is 0 Å². The van der Waals surface area contributed by atoms with Crippen molar-refractivity contribution in [3.63, 3.8) is 0 Å². The van der Waals surface area contributed by atoms with Crippen molar-refractivity contribution in [2.45, 2.75) is 39.2 Å². The molecule has 0 bridgehead atoms. The van der Waals surface area contributed by atoms with Crippen molar-refractivity contribution in [3.8, 4) is 0 Å². The normalized spacial score (nSPS) is 19.2. The maximum absolute atomic E-state index is 5.79. The van der Waals surface area contributed by atoms with E-state index in [2.05, 4.69) is 10.3 Å². The van der Waals surface area contributed by atoms with E-state index >= 15 is 0 Å². The van der Waals surface area contributed by atoms with Gasteiger partial charge in [-0.3, -0.25) is 4.98 Å². The van der Waals surface area contributed by atoms with E-state index in [9.17, 15) is 0 Å². The second-order valence-corrected chi connectivity index (χ2v) is 5.45. The molecule has 0 saturated carbocycles. The number of rotatable bonds is 4. The Morgan fingerprint density at radius 3 is 2.95 bits per heavy atom. The smallest absolute Gasteiger partial charge is 0.107 e. The van der Waals surface area contributed by atoms with Crippen molar-refractivity contribution in [1.29, 1.82) is 0 Å². The number of aryl methyl sites for hydroxylation is 2. The molecule has 0 amide bonds. The lowest BCUT2D eigenvalue weighted by Crippen LogP contribution is -2.28. The number of nitrogens with two attached hydrogens (primary N) is 1. The molecule has 0 aliphatic carbocycles. The highest BCUT2D eigenvalue weighted by molar-refractivity contribution is 7.80. The van der Waals surface area contributed by atoms with Crippen LogP contribution in [0.15, 0.2) is 6.07 Å². The summed E-state index contributed by atoms with van der Waals surface area (Å²) in [6.45, 7) is 5.56. The zero-order valence-corrected chi connectivity index (χ0v) is 12.3. The Balaban J connectivity index is 2.12. The van der Waals surface area contributed by atoms with Gasteiger partial charge in [0.1, 0.15) is 4.99 Å². The Hall–Kier alpha value is -1.20. The van der Waals surface area contributed by atoms with Gasteiger partial charge in [-0.05, 0) is 39.2 Å². The number of nitrogens with zero attached hydrogens (tertiary/aromatic N) is 1. The van der Waals surface area contributed by atoms with E-state index in [1.165, 1.54) is 12.8 Å². The molecule has 0 radical (unpaired) electrons. The van der Waals surface area contributed by atoms with Crippen LogP contribution in [-0.4, -0.2) is 29.2 Å². The minimum atomic E-state index is 0.279. The number of anilines is 1. The molecule has 2 heterocycles. The first-order chi connectivity index (χ1) is 9.08. The van der Waals surface area contributed by atoms with Gasteiger partial charge in [-0.1, -0.05) is 12.2 Å². The molecular weight excluding hydrogens is 258 g/mol. The van der Waals surface area contributed by atoms with Crippen molar-refractivity contribution < 1.29 is 4.74 Å². The summed E-state index contributed by atoms with van der Waals surface area (Å²) in [7, 11) is 0. The van der Waals surface area contributed by atoms with Gasteiger partial charge >= 0.3 is 0 Å². The van der Waals surface area contributed by atoms with E-state index in [4.69, 9.17) is 22.7 Å². The average molecular weight is 279 g/mol. The zero-order valence-electron chi connectivity index (χ0n) is 11.5. The minimum Gasteiger partial charge on any atom is -0.389 e. The van der Waals surface area contributed by atoms with Crippen molar-refractivity contribution >= 4 is 22.9 Å². The van der Waals surface area contributed by atoms with Gasteiger partial charge in [-0.2, -0.15) is 0 Å². The maximum Gasteiger partial charge on any atom is 0.107 e. The molecule has 104 valence electrons. The summed E-state index contributed by atoms with van der Waals surface area (Å²) in [4.78, 5) is 4.80. The summed E-state index contributed by atoms with van der Waals surface area (Å²) in [6.07, 6.45) is 3.80. The molecule has 4 nitrogen and oxygen atoms in total. The van der Waals surface area contributed by atoms with Gasteiger partial charge in [0, 0.05) is 30.2 Å². The fourth-order valence-corrected chi connectivity index (χ4v) is 2.73. The molecule has 2 rings (SSSR count). The number of nitrogens with one attached hydrogen (secondary N) is 1. The van der Waals surface area contributed by atoms with Crippen LogP contribution in [0.5, 0.6) is 0 Å². The number of ether oxygens (including phenoxy) is 1. The summed E-state index contributed by atoms with van der Waals surface area (Å²) >= 11 is 5.12. The Morgan fingerprint density at radius 2 is 2.32 bits per heavy atom. The largest absolute Gasteiger partial charge is 0.389 e. The summed E-state index contributed by atoms with van der Waals surface area (Å²) in [5, 5.41) is 3.41. The fraction of sp³-hybridized carbons (Fsp3) is 0.571. The number of hydrogen-bond donors (Lipinski definition) is 2. The van der Waals surface area contributed by atoms with Crippen LogP contribution in [0.3, 0.4) is 0 Å². The Kier molecular flexibility index (Phi) is 4.71. The van der Waals surface area contributed by atoms with Gasteiger partial charge in [-0.15, -0.1) is 0 Å². The van der Waals surface area contributed by atoms with E-state index in [0.717, 1.165) is 42.2 Å². The molecule has 1 aromatic heterocycles. The highest BCUT2D eigenvalue weighted by Gasteiger charge is 2.16. The first kappa shape index (κ1) is 14.2. The molecule has 1 fully saturated rings. The molecule has 19 heavy (non-hydrogen) atoms. The highest BCUT2D eigenvalue weighted by atomic mass is 32.1. The van der Waals surface area contributed by atoms with Crippen LogP contribution in [0.4, 0.5) is 5.69 Å². The van der Waals surface area contributed by atoms with Crippen molar-refractivity contribution in [2.75, 3.05) is 18.5 Å². The van der Waals surface area contributed by atoms with Crippen molar-refractivity contribution in [3.05, 3.63) is 23.0 Å². The van der Waals surface area contributed by atoms with Crippen LogP contribution >= 0.6 is 12.2 Å². The molecule has 5 heteroatoms. The van der Waals surface area contributed by atoms with Crippen LogP contribution in [0.1, 0.15) is 36.2 Å². The van der Waals surface area contributed by atoms with Gasteiger partial charge in [-0.25, -0.2) is 0 Å². The lowest BCUT2D eigenvalue weighted by molar-refractivity contribution is 0.0247. The summed E-state index contributed by atoms with van der Waals surface area (Å²) < 4.78 is 5.72. The Labute approximate surface area is 119 Å². The number of pyridine rings is 1. The average Bonchev–Trinajstić information content (AvgIpc) is 2.36. The molecule has 1 saturated heterocycles. The summed E-state index contributed by atoms with van der Waals surface area (Å²) in [6, 6.07) is 1.99. The number of thiocarbonyl (C=S) groups is 1. The topological polar surface area (TPSA) is 60.2 Å². The zero-order chi connectivity index (χ0) is 13.8. The first-order valence-electron chi connectivity index (χ1n) is 6.71. The van der Waals surface area contributed by atoms with E-state index in [0.29, 0.717) is 4.99 Å².